The molecule has 2 rings (SSSR count). The maximum atomic E-state index is 5.83. The van der Waals surface area contributed by atoms with E-state index in [1.54, 1.807) is 11.3 Å². The number of nitrogens with two attached hydrogens (primary N) is 1. The Hall–Kier alpha value is -1.20. The Morgan fingerprint density at radius 1 is 1.60 bits per heavy atom. The Balaban J connectivity index is 2.02. The summed E-state index contributed by atoms with van der Waals surface area (Å²) in [6, 6.07) is 0.0305. The van der Waals surface area contributed by atoms with Gasteiger partial charge >= 0.3 is 0 Å². The highest BCUT2D eigenvalue weighted by Gasteiger charge is 2.06. The molecule has 0 saturated heterocycles. The van der Waals surface area contributed by atoms with Gasteiger partial charge < -0.3 is 10.3 Å². The van der Waals surface area contributed by atoms with Crippen molar-refractivity contribution >= 4 is 11.3 Å². The van der Waals surface area contributed by atoms with Crippen LogP contribution in [0.15, 0.2) is 23.4 Å². The second kappa shape index (κ2) is 4.55. The van der Waals surface area contributed by atoms with Gasteiger partial charge in [0.25, 0.3) is 0 Å². The van der Waals surface area contributed by atoms with Crippen molar-refractivity contribution in [3.63, 3.8) is 0 Å². The first kappa shape index (κ1) is 10.3. The number of thiazole rings is 1. The molecule has 80 valence electrons. The van der Waals surface area contributed by atoms with Crippen molar-refractivity contribution < 1.29 is 0 Å². The van der Waals surface area contributed by atoms with E-state index in [0.29, 0.717) is 0 Å². The third kappa shape index (κ3) is 2.43. The molecule has 5 heteroatoms. The van der Waals surface area contributed by atoms with Crippen molar-refractivity contribution in [2.75, 3.05) is 0 Å². The molecule has 0 spiro atoms. The van der Waals surface area contributed by atoms with E-state index in [1.807, 2.05) is 25.0 Å². The van der Waals surface area contributed by atoms with Crippen LogP contribution < -0.4 is 5.73 Å². The lowest BCUT2D eigenvalue weighted by Gasteiger charge is -2.09. The van der Waals surface area contributed by atoms with Crippen molar-refractivity contribution in [1.29, 1.82) is 0 Å². The molecule has 4 nitrogen and oxygen atoms in total. The molecule has 0 aliphatic rings. The number of imidazole rings is 1. The second-order valence-corrected chi connectivity index (χ2v) is 4.25. The van der Waals surface area contributed by atoms with Gasteiger partial charge in [-0.3, -0.25) is 0 Å². The lowest BCUT2D eigenvalue weighted by atomic mass is 10.2. The standard InChI is InChI=1S/C10H14N4S/c1-8(11)10-4-12-6-14(10)3-2-9-5-15-7-13-9/h4-8H,2-3,11H2,1H3/t8-/m1/s1. The first-order valence-corrected chi connectivity index (χ1v) is 5.84. The van der Waals surface area contributed by atoms with Crippen molar-refractivity contribution in [2.45, 2.75) is 25.9 Å². The van der Waals surface area contributed by atoms with Gasteiger partial charge in [0.15, 0.2) is 0 Å². The van der Waals surface area contributed by atoms with Crippen LogP contribution in [-0.2, 0) is 13.0 Å². The molecule has 0 radical (unpaired) electrons. The number of aryl methyl sites for hydroxylation is 2. The molecule has 2 heterocycles. The summed E-state index contributed by atoms with van der Waals surface area (Å²) in [5.74, 6) is 0. The van der Waals surface area contributed by atoms with Crippen molar-refractivity contribution in [3.8, 4) is 0 Å². The average molecular weight is 222 g/mol. The molecule has 2 aromatic heterocycles. The van der Waals surface area contributed by atoms with Crippen LogP contribution in [-0.4, -0.2) is 14.5 Å². The van der Waals surface area contributed by atoms with Crippen LogP contribution in [0.3, 0.4) is 0 Å². The third-order valence-corrected chi connectivity index (χ3v) is 2.94. The second-order valence-electron chi connectivity index (χ2n) is 3.53. The maximum absolute atomic E-state index is 5.83. The maximum Gasteiger partial charge on any atom is 0.0948 e. The van der Waals surface area contributed by atoms with E-state index in [9.17, 15) is 0 Å². The number of aromatic nitrogens is 3. The van der Waals surface area contributed by atoms with Crippen LogP contribution in [0.1, 0.15) is 24.4 Å². The quantitative estimate of drug-likeness (QED) is 0.855. The summed E-state index contributed by atoms with van der Waals surface area (Å²) < 4.78 is 2.09. The highest BCUT2D eigenvalue weighted by molar-refractivity contribution is 7.07. The van der Waals surface area contributed by atoms with Gasteiger partial charge in [0.1, 0.15) is 0 Å². The number of nitrogens with zero attached hydrogens (tertiary/aromatic N) is 3. The summed E-state index contributed by atoms with van der Waals surface area (Å²) in [6.07, 6.45) is 4.58. The number of rotatable bonds is 4. The zero-order valence-corrected chi connectivity index (χ0v) is 9.44. The molecular formula is C10H14N4S. The predicted molar refractivity (Wildman–Crippen MR) is 60.6 cm³/mol. The number of hydrogen-bond donors (Lipinski definition) is 1. The molecule has 0 bridgehead atoms. The van der Waals surface area contributed by atoms with E-state index < -0.39 is 0 Å². The fraction of sp³-hybridized carbons (Fsp3) is 0.400. The highest BCUT2D eigenvalue weighted by Crippen LogP contribution is 2.10. The molecule has 2 N–H and O–H groups in total. The van der Waals surface area contributed by atoms with Crippen LogP contribution >= 0.6 is 11.3 Å². The van der Waals surface area contributed by atoms with E-state index in [0.717, 1.165) is 24.4 Å². The molecule has 0 fully saturated rings. The minimum absolute atomic E-state index is 0.0305. The van der Waals surface area contributed by atoms with Crippen molar-refractivity contribution in [3.05, 3.63) is 34.8 Å². The van der Waals surface area contributed by atoms with Gasteiger partial charge in [-0.1, -0.05) is 0 Å². The lowest BCUT2D eigenvalue weighted by molar-refractivity contribution is 0.619. The van der Waals surface area contributed by atoms with Gasteiger partial charge in [-0.05, 0) is 6.92 Å². The summed E-state index contributed by atoms with van der Waals surface area (Å²) >= 11 is 1.63. The van der Waals surface area contributed by atoms with Crippen LogP contribution in [0.5, 0.6) is 0 Å². The molecule has 2 aromatic rings. The minimum Gasteiger partial charge on any atom is -0.333 e. The van der Waals surface area contributed by atoms with E-state index in [4.69, 9.17) is 5.73 Å². The largest absolute Gasteiger partial charge is 0.333 e. The molecule has 0 amide bonds. The Kier molecular flexibility index (Phi) is 3.13. The zero-order valence-electron chi connectivity index (χ0n) is 8.63. The zero-order chi connectivity index (χ0) is 10.7. The van der Waals surface area contributed by atoms with E-state index >= 15 is 0 Å². The normalized spacial score (nSPS) is 12.9. The first-order valence-electron chi connectivity index (χ1n) is 4.90. The smallest absolute Gasteiger partial charge is 0.0948 e. The Morgan fingerprint density at radius 2 is 2.47 bits per heavy atom. The summed E-state index contributed by atoms with van der Waals surface area (Å²) in [5.41, 5.74) is 9.89. The Labute approximate surface area is 92.8 Å². The lowest BCUT2D eigenvalue weighted by Crippen LogP contribution is -2.12. The van der Waals surface area contributed by atoms with E-state index in [2.05, 4.69) is 19.9 Å². The molecular weight excluding hydrogens is 208 g/mol. The Bertz CT molecular complexity index is 405. The highest BCUT2D eigenvalue weighted by atomic mass is 32.1. The summed E-state index contributed by atoms with van der Waals surface area (Å²) in [6.45, 7) is 2.86. The molecule has 15 heavy (non-hydrogen) atoms. The SMILES string of the molecule is C[C@@H](N)c1cncn1CCc1cscn1. The average Bonchev–Trinajstić information content (AvgIpc) is 2.86. The van der Waals surface area contributed by atoms with Crippen LogP contribution in [0, 0.1) is 0 Å². The summed E-state index contributed by atoms with van der Waals surface area (Å²) in [4.78, 5) is 8.35. The fourth-order valence-electron chi connectivity index (χ4n) is 1.49. The van der Waals surface area contributed by atoms with Gasteiger partial charge in [0.2, 0.25) is 0 Å². The molecule has 0 unspecified atom stereocenters. The summed E-state index contributed by atoms with van der Waals surface area (Å²) in [7, 11) is 0. The molecule has 1 atom stereocenters. The van der Waals surface area contributed by atoms with E-state index in [1.165, 1.54) is 0 Å². The van der Waals surface area contributed by atoms with Crippen molar-refractivity contribution in [1.82, 2.24) is 14.5 Å². The molecule has 0 aromatic carbocycles. The van der Waals surface area contributed by atoms with Gasteiger partial charge in [-0.2, -0.15) is 0 Å². The number of hydrogen-bond acceptors (Lipinski definition) is 4. The molecule has 0 saturated carbocycles. The van der Waals surface area contributed by atoms with Gasteiger partial charge in [-0.25, -0.2) is 9.97 Å². The third-order valence-electron chi connectivity index (χ3n) is 2.30. The predicted octanol–water partition coefficient (Wildman–Crippen LogP) is 1.60. The van der Waals surface area contributed by atoms with Gasteiger partial charge in [-0.15, -0.1) is 11.3 Å². The molecule has 0 aliphatic heterocycles. The first-order chi connectivity index (χ1) is 7.27. The van der Waals surface area contributed by atoms with Crippen LogP contribution in [0.2, 0.25) is 0 Å². The van der Waals surface area contributed by atoms with E-state index in [-0.39, 0.29) is 6.04 Å². The van der Waals surface area contributed by atoms with Crippen LogP contribution in [0.25, 0.3) is 0 Å². The Morgan fingerprint density at radius 3 is 3.13 bits per heavy atom. The van der Waals surface area contributed by atoms with Gasteiger partial charge in [0.05, 0.1) is 23.2 Å². The monoisotopic (exact) mass is 222 g/mol. The van der Waals surface area contributed by atoms with Crippen LogP contribution in [0.4, 0.5) is 0 Å². The van der Waals surface area contributed by atoms with Gasteiger partial charge in [0, 0.05) is 30.6 Å². The van der Waals surface area contributed by atoms with Crippen molar-refractivity contribution in [2.24, 2.45) is 5.73 Å². The fourth-order valence-corrected chi connectivity index (χ4v) is 2.09. The topological polar surface area (TPSA) is 56.7 Å². The molecule has 0 aliphatic carbocycles. The summed E-state index contributed by atoms with van der Waals surface area (Å²) in [5, 5.41) is 2.07. The minimum atomic E-state index is 0.0305.